The van der Waals surface area contributed by atoms with Crippen molar-refractivity contribution in [1.82, 2.24) is 9.55 Å². The summed E-state index contributed by atoms with van der Waals surface area (Å²) in [6.45, 7) is 0. The number of fused-ring (bicyclic) bond motifs is 1. The summed E-state index contributed by atoms with van der Waals surface area (Å²) in [6.07, 6.45) is 3.15. The fourth-order valence-corrected chi connectivity index (χ4v) is 3.88. The number of nitrogens with zero attached hydrogens (tertiary/aromatic N) is 2. The third-order valence-electron chi connectivity index (χ3n) is 4.47. The van der Waals surface area contributed by atoms with Crippen LogP contribution in [0.5, 0.6) is 0 Å². The topological polar surface area (TPSA) is 53.4 Å². The van der Waals surface area contributed by atoms with Crippen molar-refractivity contribution in [2.45, 2.75) is 0 Å². The average Bonchev–Trinajstić information content (AvgIpc) is 3.39. The summed E-state index contributed by atoms with van der Waals surface area (Å²) in [6, 6.07) is 14.1. The van der Waals surface area contributed by atoms with E-state index >= 15 is 0 Å². The monoisotopic (exact) mass is 408 g/mol. The first-order chi connectivity index (χ1) is 14.1. The quantitative estimate of drug-likeness (QED) is 0.259. The summed E-state index contributed by atoms with van der Waals surface area (Å²) in [5, 5.41) is 3.73. The lowest BCUT2D eigenvalue weighted by Crippen LogP contribution is -2.10. The van der Waals surface area contributed by atoms with Gasteiger partial charge in [-0.25, -0.2) is 14.2 Å². The molecular weight excluding hydrogens is 391 g/mol. The number of esters is 1. The molecule has 2 aromatic heterocycles. The van der Waals surface area contributed by atoms with Crippen LogP contribution in [-0.4, -0.2) is 29.7 Å². The number of aromatic nitrogens is 2. The molecular formula is C22H17FN2O3S. The van der Waals surface area contributed by atoms with Crippen LogP contribution in [0.1, 0.15) is 0 Å². The average molecular weight is 408 g/mol. The van der Waals surface area contributed by atoms with E-state index in [4.69, 9.17) is 9.47 Å². The highest BCUT2D eigenvalue weighted by molar-refractivity contribution is 7.13. The van der Waals surface area contributed by atoms with Gasteiger partial charge in [0.05, 0.1) is 25.4 Å². The van der Waals surface area contributed by atoms with Gasteiger partial charge in [-0.2, -0.15) is 0 Å². The van der Waals surface area contributed by atoms with Gasteiger partial charge >= 0.3 is 5.97 Å². The third-order valence-corrected chi connectivity index (χ3v) is 5.36. The zero-order valence-electron chi connectivity index (χ0n) is 15.8. The molecule has 5 nitrogen and oxygen atoms in total. The van der Waals surface area contributed by atoms with E-state index in [1.54, 1.807) is 22.9 Å². The van der Waals surface area contributed by atoms with Crippen molar-refractivity contribution in [1.29, 1.82) is 0 Å². The number of ether oxygens (including phenoxy) is 2. The second kappa shape index (κ2) is 7.89. The predicted molar refractivity (Wildman–Crippen MR) is 112 cm³/mol. The molecule has 0 aliphatic heterocycles. The molecule has 4 aromatic rings. The number of halogens is 1. The van der Waals surface area contributed by atoms with Crippen LogP contribution in [0.25, 0.3) is 38.4 Å². The number of benzene rings is 2. The summed E-state index contributed by atoms with van der Waals surface area (Å²) >= 11 is 1.49. The second-order valence-corrected chi connectivity index (χ2v) is 7.09. The normalized spacial score (nSPS) is 11.6. The Kier molecular flexibility index (Phi) is 5.14. The van der Waals surface area contributed by atoms with E-state index < -0.39 is 5.97 Å². The van der Waals surface area contributed by atoms with Crippen molar-refractivity contribution in [2.75, 3.05) is 14.2 Å². The third kappa shape index (κ3) is 3.64. The van der Waals surface area contributed by atoms with Crippen molar-refractivity contribution in [2.24, 2.45) is 0 Å². The number of methoxy groups -OCH3 is 2. The van der Waals surface area contributed by atoms with Crippen molar-refractivity contribution in [3.8, 4) is 21.8 Å². The number of hydrogen-bond acceptors (Lipinski definition) is 5. The predicted octanol–water partition coefficient (Wildman–Crippen LogP) is 5.19. The van der Waals surface area contributed by atoms with Crippen molar-refractivity contribution in [3.63, 3.8) is 0 Å². The van der Waals surface area contributed by atoms with Crippen LogP contribution in [0.4, 0.5) is 4.39 Å². The Hall–Kier alpha value is -3.45. The van der Waals surface area contributed by atoms with E-state index in [9.17, 15) is 9.18 Å². The lowest BCUT2D eigenvalue weighted by Gasteiger charge is -2.09. The van der Waals surface area contributed by atoms with Crippen LogP contribution >= 0.6 is 11.3 Å². The van der Waals surface area contributed by atoms with Crippen molar-refractivity contribution < 1.29 is 18.7 Å². The molecule has 0 bridgehead atoms. The van der Waals surface area contributed by atoms with E-state index in [0.717, 1.165) is 32.7 Å². The van der Waals surface area contributed by atoms with E-state index in [2.05, 4.69) is 4.98 Å². The molecule has 2 heterocycles. The highest BCUT2D eigenvalue weighted by atomic mass is 32.1. The Morgan fingerprint density at radius 2 is 1.86 bits per heavy atom. The maximum Gasteiger partial charge on any atom is 0.358 e. The van der Waals surface area contributed by atoms with E-state index in [0.29, 0.717) is 0 Å². The smallest absolute Gasteiger partial charge is 0.358 e. The number of hydrogen-bond donors (Lipinski definition) is 0. The van der Waals surface area contributed by atoms with Gasteiger partial charge in [0.25, 0.3) is 0 Å². The van der Waals surface area contributed by atoms with Crippen molar-refractivity contribution in [3.05, 3.63) is 72.2 Å². The summed E-state index contributed by atoms with van der Waals surface area (Å²) in [4.78, 5) is 16.8. The van der Waals surface area contributed by atoms with Gasteiger partial charge < -0.3 is 14.0 Å². The molecule has 0 N–H and O–H groups in total. The Balaban J connectivity index is 1.75. The molecule has 0 radical (unpaired) electrons. The number of carbonyl (C=O) groups excluding carboxylic acids is 1. The molecule has 0 aliphatic rings. The standard InChI is InChI=1S/C22H17FN2O3S/c1-27-12-20(22(26)28-2)25-10-9-14-3-4-16(11-19(14)25)18-13-29-21(24-18)15-5-7-17(23)8-6-15/h3-13H,1-2H3/b20-12-. The van der Waals surface area contributed by atoms with Gasteiger partial charge in [0.1, 0.15) is 17.1 Å². The van der Waals surface area contributed by atoms with E-state index in [-0.39, 0.29) is 11.5 Å². The summed E-state index contributed by atoms with van der Waals surface area (Å²) in [7, 11) is 2.81. The van der Waals surface area contributed by atoms with Crippen molar-refractivity contribution >= 4 is 33.9 Å². The van der Waals surface area contributed by atoms with Crippen LogP contribution in [0.2, 0.25) is 0 Å². The van der Waals surface area contributed by atoms with Crippen LogP contribution in [0.15, 0.2) is 66.4 Å². The molecule has 146 valence electrons. The lowest BCUT2D eigenvalue weighted by molar-refractivity contribution is -0.134. The minimum atomic E-state index is -0.498. The van der Waals surface area contributed by atoms with Crippen LogP contribution in [0.3, 0.4) is 0 Å². The van der Waals surface area contributed by atoms with Crippen LogP contribution < -0.4 is 0 Å². The molecule has 0 unspecified atom stereocenters. The maximum absolute atomic E-state index is 13.2. The van der Waals surface area contributed by atoms with Gasteiger partial charge in [-0.1, -0.05) is 12.1 Å². The molecule has 0 amide bonds. The Morgan fingerprint density at radius 3 is 2.59 bits per heavy atom. The SMILES string of the molecule is CO/C=C(/C(=O)OC)n1ccc2ccc(-c3csc(-c4ccc(F)cc4)n3)cc21. The Morgan fingerprint density at radius 1 is 1.10 bits per heavy atom. The van der Waals surface area contributed by atoms with Crippen LogP contribution in [0, 0.1) is 5.82 Å². The molecule has 29 heavy (non-hydrogen) atoms. The molecule has 0 spiro atoms. The fraction of sp³-hybridized carbons (Fsp3) is 0.0909. The first-order valence-electron chi connectivity index (χ1n) is 8.75. The van der Waals surface area contributed by atoms with Gasteiger partial charge in [-0.05, 0) is 41.8 Å². The Labute approximate surface area is 170 Å². The largest absolute Gasteiger partial charge is 0.502 e. The summed E-state index contributed by atoms with van der Waals surface area (Å²) in [5.74, 6) is -0.774. The number of carbonyl (C=O) groups is 1. The minimum absolute atomic E-state index is 0.271. The molecule has 0 fully saturated rings. The molecule has 2 aromatic carbocycles. The highest BCUT2D eigenvalue weighted by Crippen LogP contribution is 2.31. The Bertz CT molecular complexity index is 1210. The first kappa shape index (κ1) is 18.9. The van der Waals surface area contributed by atoms with Gasteiger partial charge in [0.2, 0.25) is 0 Å². The molecule has 4 rings (SSSR count). The second-order valence-electron chi connectivity index (χ2n) is 6.23. The molecule has 0 saturated heterocycles. The van der Waals surface area contributed by atoms with E-state index in [1.165, 1.54) is 44.0 Å². The first-order valence-corrected chi connectivity index (χ1v) is 9.63. The van der Waals surface area contributed by atoms with Gasteiger partial charge in [0.15, 0.2) is 5.70 Å². The molecule has 0 aliphatic carbocycles. The lowest BCUT2D eigenvalue weighted by atomic mass is 10.1. The van der Waals surface area contributed by atoms with Gasteiger partial charge in [-0.15, -0.1) is 11.3 Å². The molecule has 0 atom stereocenters. The highest BCUT2D eigenvalue weighted by Gasteiger charge is 2.16. The van der Waals surface area contributed by atoms with Gasteiger partial charge in [0, 0.05) is 22.7 Å². The number of thiazole rings is 1. The zero-order chi connectivity index (χ0) is 20.4. The summed E-state index contributed by atoms with van der Waals surface area (Å²) in [5.41, 5.74) is 3.67. The van der Waals surface area contributed by atoms with E-state index in [1.807, 2.05) is 29.6 Å². The molecule has 7 heteroatoms. The minimum Gasteiger partial charge on any atom is -0.502 e. The zero-order valence-corrected chi connectivity index (χ0v) is 16.6. The maximum atomic E-state index is 13.2. The molecule has 0 saturated carbocycles. The van der Waals surface area contributed by atoms with Crippen LogP contribution in [-0.2, 0) is 14.3 Å². The summed E-state index contributed by atoms with van der Waals surface area (Å²) < 4.78 is 24.8. The van der Waals surface area contributed by atoms with Gasteiger partial charge in [-0.3, -0.25) is 0 Å². The number of rotatable bonds is 5. The fourth-order valence-electron chi connectivity index (χ4n) is 3.05.